The Morgan fingerprint density at radius 1 is 0.430 bits per heavy atom. The lowest BCUT2D eigenvalue weighted by molar-refractivity contribution is -0.224. The molecule has 12 nitrogen and oxygen atoms in total. The minimum atomic E-state index is -0.433. The van der Waals surface area contributed by atoms with Crippen molar-refractivity contribution in [2.75, 3.05) is 6.61 Å². The van der Waals surface area contributed by atoms with Crippen molar-refractivity contribution in [3.05, 3.63) is 0 Å². The molecule has 11 atom stereocenters. The third-order valence-electron chi connectivity index (χ3n) is 17.7. The summed E-state index contributed by atoms with van der Waals surface area (Å²) in [6, 6.07) is 0. The van der Waals surface area contributed by atoms with E-state index in [1.165, 1.54) is 103 Å². The molecule has 0 heterocycles. The van der Waals surface area contributed by atoms with Gasteiger partial charge < -0.3 is 37.9 Å². The first-order chi connectivity index (χ1) is 37.4. The van der Waals surface area contributed by atoms with Gasteiger partial charge >= 0.3 is 23.9 Å². The van der Waals surface area contributed by atoms with Crippen LogP contribution < -0.4 is 0 Å². The van der Waals surface area contributed by atoms with Gasteiger partial charge in [-0.15, -0.1) is 0 Å². The number of ether oxygens (including phenoxy) is 8. The maximum Gasteiger partial charge on any atom is 0.310 e. The normalized spacial score (nSPS) is 24.5. The van der Waals surface area contributed by atoms with Gasteiger partial charge in [0.1, 0.15) is 0 Å². The summed E-state index contributed by atoms with van der Waals surface area (Å²) in [6.45, 7) is 33.1. The monoisotopic (exact) mass is 1120 g/mol. The van der Waals surface area contributed by atoms with Crippen molar-refractivity contribution >= 4 is 23.9 Å². The van der Waals surface area contributed by atoms with Crippen molar-refractivity contribution in [1.82, 2.24) is 0 Å². The maximum absolute atomic E-state index is 12.2. The predicted molar refractivity (Wildman–Crippen MR) is 316 cm³/mol. The van der Waals surface area contributed by atoms with Crippen molar-refractivity contribution < 1.29 is 57.1 Å². The molecule has 6 aliphatic rings. The van der Waals surface area contributed by atoms with Crippen molar-refractivity contribution in [1.29, 1.82) is 0 Å². The Balaban J connectivity index is 0.000000277. The molecule has 0 radical (unpaired) electrons. The van der Waals surface area contributed by atoms with Crippen molar-refractivity contribution in [2.24, 2.45) is 64.1 Å². The molecule has 0 aromatic heterocycles. The van der Waals surface area contributed by atoms with Gasteiger partial charge in [-0.2, -0.15) is 0 Å². The second-order valence-corrected chi connectivity index (χ2v) is 27.8. The Bertz CT molecular complexity index is 1660. The SMILES string of the molecule is CCC(C)C(=O)OC(OC1CCCCC1)C(C)(C)C.CCC(C)C(=O)OC(OC1CCCCC1)C(C)C.CCC(C)C(=O)OC(OC1CCCCC1)C1CCCCC1.CCC(C)C(=O)OC(OCC(C)(C)C)C1CC2CCC1C2. The van der Waals surface area contributed by atoms with E-state index in [1.54, 1.807) is 0 Å². The van der Waals surface area contributed by atoms with Crippen LogP contribution in [0.4, 0.5) is 0 Å². The maximum atomic E-state index is 12.2. The Morgan fingerprint density at radius 2 is 0.823 bits per heavy atom. The largest absolute Gasteiger partial charge is 0.435 e. The highest BCUT2D eigenvalue weighted by atomic mass is 16.7. The smallest absolute Gasteiger partial charge is 0.310 e. The van der Waals surface area contributed by atoms with Gasteiger partial charge in [-0.3, -0.25) is 19.2 Å². The van der Waals surface area contributed by atoms with Crippen molar-refractivity contribution in [3.63, 3.8) is 0 Å². The Kier molecular flexibility index (Phi) is 33.4. The molecule has 0 aliphatic heterocycles. The van der Waals surface area contributed by atoms with E-state index in [0.29, 0.717) is 30.5 Å². The number of carbonyl (C=O) groups is 4. The zero-order valence-electron chi connectivity index (χ0n) is 53.6. The highest BCUT2D eigenvalue weighted by molar-refractivity contribution is 5.73. The van der Waals surface area contributed by atoms with Gasteiger partial charge in [0.2, 0.25) is 25.2 Å². The molecule has 6 aliphatic carbocycles. The highest BCUT2D eigenvalue weighted by Gasteiger charge is 2.46. The lowest BCUT2D eigenvalue weighted by Crippen LogP contribution is -2.39. The van der Waals surface area contributed by atoms with E-state index in [-0.39, 0.29) is 95.4 Å². The van der Waals surface area contributed by atoms with Gasteiger partial charge in [0, 0.05) is 23.2 Å². The van der Waals surface area contributed by atoms with Crippen LogP contribution in [0.25, 0.3) is 0 Å². The number of rotatable bonds is 23. The predicted octanol–water partition coefficient (Wildman–Crippen LogP) is 17.4. The molecule has 11 unspecified atom stereocenters. The van der Waals surface area contributed by atoms with Gasteiger partial charge in [-0.05, 0) is 114 Å². The summed E-state index contributed by atoms with van der Waals surface area (Å²) >= 11 is 0. The minimum Gasteiger partial charge on any atom is -0.435 e. The van der Waals surface area contributed by atoms with Gasteiger partial charge in [0.05, 0.1) is 48.6 Å². The average molecular weight is 1120 g/mol. The summed E-state index contributed by atoms with van der Waals surface area (Å²) in [7, 11) is 0. The number of hydrogen-bond donors (Lipinski definition) is 0. The van der Waals surface area contributed by atoms with Crippen LogP contribution in [0.1, 0.15) is 291 Å². The van der Waals surface area contributed by atoms with Crippen LogP contribution in [0.3, 0.4) is 0 Å². The van der Waals surface area contributed by atoms with Crippen molar-refractivity contribution in [2.45, 2.75) is 334 Å². The molecule has 0 saturated heterocycles. The Morgan fingerprint density at radius 3 is 1.20 bits per heavy atom. The molecule has 462 valence electrons. The topological polar surface area (TPSA) is 142 Å². The second-order valence-electron chi connectivity index (χ2n) is 27.8. The molecule has 0 aromatic rings. The summed E-state index contributed by atoms with van der Waals surface area (Å²) in [6.07, 6.45) is 31.8. The van der Waals surface area contributed by atoms with Gasteiger partial charge in [-0.1, -0.05) is 194 Å². The zero-order valence-corrected chi connectivity index (χ0v) is 53.6. The lowest BCUT2D eigenvalue weighted by atomic mass is 9.88. The standard InChI is InChI=1S/2C18H32O3.C16H30O3.C15H28O3/c1-6-12(2)16(19)21-17(20-11-18(3,4)5)15-10-13-7-8-14(15)9-13;1-3-14(2)17(19)21-18(15-10-6-4-7-11-15)20-16-12-8-5-9-13-16;1-6-12(2)14(17)19-15(16(3,4)5)18-13-10-8-7-9-11-13;1-5-12(4)14(16)18-15(11(2)3)17-13-9-7-6-8-10-13/h12-15,17H,6-11H2,1-5H3;14-16,18H,3-13H2,1-2H3;12-13,15H,6-11H2,1-5H3;11-13,15H,5-10H2,1-4H3. The molecule has 0 N–H and O–H groups in total. The molecule has 2 bridgehead atoms. The summed E-state index contributed by atoms with van der Waals surface area (Å²) in [5.41, 5.74) is -0.0841. The first-order valence-electron chi connectivity index (χ1n) is 32.8. The van der Waals surface area contributed by atoms with Gasteiger partial charge in [0.25, 0.3) is 0 Å². The molecule has 12 heteroatoms. The van der Waals surface area contributed by atoms with Crippen LogP contribution in [-0.4, -0.2) is 74.0 Å². The van der Waals surface area contributed by atoms with E-state index < -0.39 is 6.29 Å². The van der Waals surface area contributed by atoms with Crippen molar-refractivity contribution in [3.8, 4) is 0 Å². The molecule has 6 fully saturated rings. The fourth-order valence-corrected chi connectivity index (χ4v) is 11.3. The number of fused-ring (bicyclic) bond motifs is 2. The molecule has 0 aromatic carbocycles. The number of carbonyl (C=O) groups excluding carboxylic acids is 4. The third kappa shape index (κ3) is 27.3. The Hall–Kier alpha value is -2.28. The van der Waals surface area contributed by atoms with E-state index in [1.807, 2.05) is 69.2 Å². The Labute approximate surface area is 483 Å². The molecular formula is C67H122O12. The number of hydrogen-bond acceptors (Lipinski definition) is 12. The zero-order chi connectivity index (χ0) is 58.7. The average Bonchev–Trinajstić information content (AvgIpc) is 4.11. The second kappa shape index (κ2) is 37.1. The quantitative estimate of drug-likeness (QED) is 0.0546. The number of esters is 4. The minimum absolute atomic E-state index is 0.0222. The molecule has 6 saturated carbocycles. The molecule has 79 heavy (non-hydrogen) atoms. The summed E-state index contributed by atoms with van der Waals surface area (Å²) < 4.78 is 47.0. The fraction of sp³-hybridized carbons (Fsp3) is 0.940. The van der Waals surface area contributed by atoms with E-state index in [9.17, 15) is 19.2 Å². The van der Waals surface area contributed by atoms with Gasteiger partial charge in [-0.25, -0.2) is 0 Å². The molecule has 0 amide bonds. The van der Waals surface area contributed by atoms with Gasteiger partial charge in [0.15, 0.2) is 0 Å². The lowest BCUT2D eigenvalue weighted by Gasteiger charge is -2.35. The van der Waals surface area contributed by atoms with E-state index in [0.717, 1.165) is 83.0 Å². The van der Waals surface area contributed by atoms with Crippen LogP contribution in [0.15, 0.2) is 0 Å². The van der Waals surface area contributed by atoms with Crippen LogP contribution >= 0.6 is 0 Å². The summed E-state index contributed by atoms with van der Waals surface area (Å²) in [4.78, 5) is 48.1. The van der Waals surface area contributed by atoms with E-state index >= 15 is 0 Å². The molecule has 6 rings (SSSR count). The highest BCUT2D eigenvalue weighted by Crippen LogP contribution is 2.50. The first kappa shape index (κ1) is 71.0. The summed E-state index contributed by atoms with van der Waals surface area (Å²) in [5, 5.41) is 0. The van der Waals surface area contributed by atoms with Crippen LogP contribution in [0.5, 0.6) is 0 Å². The third-order valence-corrected chi connectivity index (χ3v) is 17.7. The van der Waals surface area contributed by atoms with E-state index in [4.69, 9.17) is 37.9 Å². The van der Waals surface area contributed by atoms with Crippen LogP contribution in [0, 0.1) is 64.1 Å². The molecular weight excluding hydrogens is 997 g/mol. The molecule has 0 spiro atoms. The van der Waals surface area contributed by atoms with Crippen LogP contribution in [-0.2, 0) is 57.1 Å². The van der Waals surface area contributed by atoms with Crippen LogP contribution in [0.2, 0.25) is 0 Å². The first-order valence-corrected chi connectivity index (χ1v) is 32.8. The fourth-order valence-electron chi connectivity index (χ4n) is 11.3. The summed E-state index contributed by atoms with van der Waals surface area (Å²) in [5.74, 6) is 1.96. The van der Waals surface area contributed by atoms with E-state index in [2.05, 4.69) is 41.5 Å².